The number of aliphatic hydroxyl groups is 1. The monoisotopic (exact) mass is 308 g/mol. The van der Waals surface area contributed by atoms with E-state index in [1.165, 1.54) is 0 Å². The van der Waals surface area contributed by atoms with Crippen molar-refractivity contribution in [3.8, 4) is 11.8 Å². The highest BCUT2D eigenvalue weighted by Crippen LogP contribution is 2.23. The lowest BCUT2D eigenvalue weighted by Crippen LogP contribution is -2.01. The molecule has 2 aromatic carbocycles. The number of nitrogens with zero attached hydrogens (tertiary/aromatic N) is 1. The molecule has 0 aromatic heterocycles. The molecule has 0 radical (unpaired) electrons. The molecule has 0 amide bonds. The quantitative estimate of drug-likeness (QED) is 0.820. The molecule has 0 aliphatic carbocycles. The van der Waals surface area contributed by atoms with Crippen molar-refractivity contribution in [3.63, 3.8) is 0 Å². The molecule has 0 heterocycles. The molecule has 23 heavy (non-hydrogen) atoms. The van der Waals surface area contributed by atoms with Crippen LogP contribution >= 0.6 is 0 Å². The molecule has 0 saturated heterocycles. The first kappa shape index (κ1) is 16.6. The summed E-state index contributed by atoms with van der Waals surface area (Å²) in [6, 6.07) is 15.2. The molecular weight excluding hydrogens is 288 g/mol. The van der Waals surface area contributed by atoms with Crippen LogP contribution in [0.3, 0.4) is 0 Å². The van der Waals surface area contributed by atoms with Crippen molar-refractivity contribution in [3.05, 3.63) is 65.2 Å². The summed E-state index contributed by atoms with van der Waals surface area (Å²) in [7, 11) is 0. The van der Waals surface area contributed by atoms with E-state index in [0.717, 1.165) is 16.8 Å². The molecule has 2 rings (SSSR count). The Hall–Kier alpha value is -2.77. The molecule has 2 N–H and O–H groups in total. The number of hydrogen-bond donors (Lipinski definition) is 2. The molecule has 118 valence electrons. The van der Waals surface area contributed by atoms with E-state index in [1.54, 1.807) is 12.1 Å². The summed E-state index contributed by atoms with van der Waals surface area (Å²) in [6.45, 7) is 3.11. The number of ether oxygens (including phenoxy) is 1. The number of hydrogen-bond acceptors (Lipinski definition) is 4. The molecule has 0 bridgehead atoms. The Morgan fingerprint density at radius 2 is 2.00 bits per heavy atom. The smallest absolute Gasteiger partial charge is 0.124 e. The van der Waals surface area contributed by atoms with Crippen LogP contribution in [0.25, 0.3) is 6.08 Å². The molecule has 2 aromatic rings. The fraction of sp³-hybridized carbons (Fsp3) is 0.211. The van der Waals surface area contributed by atoms with Crippen LogP contribution in [0.5, 0.6) is 5.75 Å². The summed E-state index contributed by atoms with van der Waals surface area (Å²) in [5.41, 5.74) is 3.41. The highest BCUT2D eigenvalue weighted by atomic mass is 16.5. The van der Waals surface area contributed by atoms with Crippen molar-refractivity contribution >= 4 is 11.8 Å². The van der Waals surface area contributed by atoms with Gasteiger partial charge in [-0.25, -0.2) is 0 Å². The van der Waals surface area contributed by atoms with Gasteiger partial charge in [-0.2, -0.15) is 5.26 Å². The molecule has 0 fully saturated rings. The maximum Gasteiger partial charge on any atom is 0.124 e. The van der Waals surface area contributed by atoms with Crippen molar-refractivity contribution in [1.29, 1.82) is 5.26 Å². The topological polar surface area (TPSA) is 65.3 Å². The first-order valence-corrected chi connectivity index (χ1v) is 7.54. The lowest BCUT2D eigenvalue weighted by Gasteiger charge is -2.11. The van der Waals surface area contributed by atoms with Crippen molar-refractivity contribution in [2.24, 2.45) is 0 Å². The third kappa shape index (κ3) is 4.87. The van der Waals surface area contributed by atoms with Crippen LogP contribution in [-0.4, -0.2) is 18.3 Å². The molecular formula is C19H20N2O2. The van der Waals surface area contributed by atoms with Crippen molar-refractivity contribution in [1.82, 2.24) is 0 Å². The third-order valence-electron chi connectivity index (χ3n) is 3.30. The summed E-state index contributed by atoms with van der Waals surface area (Å²) in [5.74, 6) is 0.716. The summed E-state index contributed by atoms with van der Waals surface area (Å²) in [6.07, 6.45) is 4.01. The SMILES string of the molecule is CCOc1ccc(NC/C=C/c2ccc(C#N)cc2)cc1CO. The number of aliphatic hydroxyl groups excluding tert-OH is 1. The average molecular weight is 308 g/mol. The zero-order valence-electron chi connectivity index (χ0n) is 13.1. The maximum atomic E-state index is 9.39. The summed E-state index contributed by atoms with van der Waals surface area (Å²) in [4.78, 5) is 0. The largest absolute Gasteiger partial charge is 0.494 e. The lowest BCUT2D eigenvalue weighted by atomic mass is 10.1. The van der Waals surface area contributed by atoms with E-state index < -0.39 is 0 Å². The Morgan fingerprint density at radius 1 is 1.22 bits per heavy atom. The minimum absolute atomic E-state index is 0.0497. The van der Waals surface area contributed by atoms with Crippen LogP contribution < -0.4 is 10.1 Å². The minimum atomic E-state index is -0.0497. The Morgan fingerprint density at radius 3 is 2.65 bits per heavy atom. The van der Waals surface area contributed by atoms with Crippen LogP contribution in [0.1, 0.15) is 23.6 Å². The Kier molecular flexibility index (Phi) is 6.22. The number of rotatable bonds is 7. The summed E-state index contributed by atoms with van der Waals surface area (Å²) in [5, 5.41) is 21.4. The van der Waals surface area contributed by atoms with E-state index in [4.69, 9.17) is 10.00 Å². The van der Waals surface area contributed by atoms with Gasteiger partial charge in [0.1, 0.15) is 5.75 Å². The Balaban J connectivity index is 1.92. The van der Waals surface area contributed by atoms with Crippen LogP contribution in [-0.2, 0) is 6.61 Å². The molecule has 0 atom stereocenters. The molecule has 0 aliphatic rings. The fourth-order valence-corrected chi connectivity index (χ4v) is 2.15. The highest BCUT2D eigenvalue weighted by molar-refractivity contribution is 5.54. The minimum Gasteiger partial charge on any atom is -0.494 e. The van der Waals surface area contributed by atoms with E-state index in [2.05, 4.69) is 11.4 Å². The summed E-state index contributed by atoms with van der Waals surface area (Å²) < 4.78 is 5.46. The van der Waals surface area contributed by atoms with Gasteiger partial charge in [0.05, 0.1) is 24.8 Å². The second-order valence-corrected chi connectivity index (χ2v) is 4.93. The standard InChI is InChI=1S/C19H20N2O2/c1-2-23-19-10-9-18(12-17(19)14-22)21-11-3-4-15-5-7-16(13-20)8-6-15/h3-10,12,21-22H,2,11,14H2,1H3/b4-3+. The van der Waals surface area contributed by atoms with Gasteiger partial charge in [-0.05, 0) is 42.8 Å². The Labute approximate surface area is 136 Å². The van der Waals surface area contributed by atoms with Crippen molar-refractivity contribution in [2.75, 3.05) is 18.5 Å². The van der Waals surface area contributed by atoms with Crippen molar-refractivity contribution < 1.29 is 9.84 Å². The predicted octanol–water partition coefficient (Wildman–Crippen LogP) is 3.57. The number of nitrogens with one attached hydrogen (secondary N) is 1. The van der Waals surface area contributed by atoms with E-state index in [9.17, 15) is 5.11 Å². The van der Waals surface area contributed by atoms with Gasteiger partial charge in [-0.15, -0.1) is 0 Å². The lowest BCUT2D eigenvalue weighted by molar-refractivity contribution is 0.267. The van der Waals surface area contributed by atoms with Crippen LogP contribution in [0.2, 0.25) is 0 Å². The van der Waals surface area contributed by atoms with Crippen LogP contribution in [0.4, 0.5) is 5.69 Å². The highest BCUT2D eigenvalue weighted by Gasteiger charge is 2.03. The fourth-order valence-electron chi connectivity index (χ4n) is 2.15. The van der Waals surface area contributed by atoms with Crippen LogP contribution in [0, 0.1) is 11.3 Å². The van der Waals surface area contributed by atoms with E-state index in [-0.39, 0.29) is 6.61 Å². The Bertz CT molecular complexity index is 700. The molecule has 0 aliphatic heterocycles. The normalized spacial score (nSPS) is 10.5. The maximum absolute atomic E-state index is 9.39. The van der Waals surface area contributed by atoms with Gasteiger partial charge in [0, 0.05) is 17.8 Å². The predicted molar refractivity (Wildman–Crippen MR) is 92.2 cm³/mol. The number of nitriles is 1. The van der Waals surface area contributed by atoms with Gasteiger partial charge >= 0.3 is 0 Å². The van der Waals surface area contributed by atoms with Gasteiger partial charge in [-0.1, -0.05) is 24.3 Å². The van der Waals surface area contributed by atoms with Crippen molar-refractivity contribution in [2.45, 2.75) is 13.5 Å². The average Bonchev–Trinajstić information content (AvgIpc) is 2.60. The molecule has 0 unspecified atom stereocenters. The third-order valence-corrected chi connectivity index (χ3v) is 3.30. The van der Waals surface area contributed by atoms with Crippen LogP contribution in [0.15, 0.2) is 48.5 Å². The van der Waals surface area contributed by atoms with E-state index in [1.807, 2.05) is 49.4 Å². The molecule has 0 spiro atoms. The van der Waals surface area contributed by atoms with Gasteiger partial charge in [0.15, 0.2) is 0 Å². The molecule has 0 saturated carbocycles. The van der Waals surface area contributed by atoms with Gasteiger partial charge < -0.3 is 15.2 Å². The summed E-state index contributed by atoms with van der Waals surface area (Å²) >= 11 is 0. The van der Waals surface area contributed by atoms with Gasteiger partial charge in [-0.3, -0.25) is 0 Å². The van der Waals surface area contributed by atoms with E-state index >= 15 is 0 Å². The second kappa shape index (κ2) is 8.62. The second-order valence-electron chi connectivity index (χ2n) is 4.93. The van der Waals surface area contributed by atoms with Gasteiger partial charge in [0.25, 0.3) is 0 Å². The number of benzene rings is 2. The van der Waals surface area contributed by atoms with Gasteiger partial charge in [0.2, 0.25) is 0 Å². The molecule has 4 nitrogen and oxygen atoms in total. The first-order chi connectivity index (χ1) is 11.3. The first-order valence-electron chi connectivity index (χ1n) is 7.54. The number of anilines is 1. The molecule has 4 heteroatoms. The zero-order chi connectivity index (χ0) is 16.5. The zero-order valence-corrected chi connectivity index (χ0v) is 13.1. The van der Waals surface area contributed by atoms with E-state index in [0.29, 0.717) is 24.5 Å².